The molecule has 0 aliphatic heterocycles. The summed E-state index contributed by atoms with van der Waals surface area (Å²) >= 11 is 7.50. The number of aromatic nitrogens is 1. The lowest BCUT2D eigenvalue weighted by molar-refractivity contribution is -0.115. The van der Waals surface area contributed by atoms with Gasteiger partial charge in [-0.3, -0.25) is 4.79 Å². The summed E-state index contributed by atoms with van der Waals surface area (Å²) < 4.78 is 0. The van der Waals surface area contributed by atoms with Crippen molar-refractivity contribution in [2.75, 3.05) is 5.32 Å². The van der Waals surface area contributed by atoms with Gasteiger partial charge in [-0.15, -0.1) is 11.3 Å². The Balaban J connectivity index is 1.48. The summed E-state index contributed by atoms with van der Waals surface area (Å²) in [6.07, 6.45) is 0.302. The lowest BCUT2D eigenvalue weighted by Gasteiger charge is -2.07. The van der Waals surface area contributed by atoms with Crippen LogP contribution in [0.4, 0.5) is 5.69 Å². The second-order valence-corrected chi connectivity index (χ2v) is 7.63. The van der Waals surface area contributed by atoms with Crippen LogP contribution in [0.2, 0.25) is 5.02 Å². The molecule has 4 rings (SSSR count). The number of carbonyl (C=O) groups is 1. The van der Waals surface area contributed by atoms with Crippen molar-refractivity contribution in [3.05, 3.63) is 94.8 Å². The van der Waals surface area contributed by atoms with Crippen molar-refractivity contribution in [1.82, 2.24) is 4.98 Å². The minimum absolute atomic E-state index is 0.0669. The summed E-state index contributed by atoms with van der Waals surface area (Å²) in [5.41, 5.74) is 4.65. The van der Waals surface area contributed by atoms with E-state index in [4.69, 9.17) is 16.6 Å². The van der Waals surface area contributed by atoms with Crippen LogP contribution < -0.4 is 5.32 Å². The molecule has 0 spiro atoms. The number of hydrogen-bond acceptors (Lipinski definition) is 3. The second-order valence-electron chi connectivity index (χ2n) is 6.34. The molecular formula is C23H17ClN2OS. The van der Waals surface area contributed by atoms with Crippen molar-refractivity contribution in [1.29, 1.82) is 0 Å². The molecule has 5 heteroatoms. The predicted molar refractivity (Wildman–Crippen MR) is 117 cm³/mol. The van der Waals surface area contributed by atoms with E-state index in [9.17, 15) is 4.79 Å². The smallest absolute Gasteiger partial charge is 0.228 e. The average Bonchev–Trinajstić information content (AvgIpc) is 3.21. The Morgan fingerprint density at radius 1 is 0.929 bits per heavy atom. The maximum atomic E-state index is 12.3. The van der Waals surface area contributed by atoms with Crippen LogP contribution in [0.15, 0.2) is 84.2 Å². The normalized spacial score (nSPS) is 10.6. The second kappa shape index (κ2) is 8.38. The molecule has 138 valence electrons. The standard InChI is InChI=1S/C23H17ClN2OS/c24-19-11-9-16(10-12-19)13-22(27)25-20-8-4-7-18(14-20)21-15-28-23(26-21)17-5-2-1-3-6-17/h1-12,14-15H,13H2,(H,25,27). The minimum Gasteiger partial charge on any atom is -0.326 e. The zero-order chi connectivity index (χ0) is 19.3. The number of rotatable bonds is 5. The van der Waals surface area contributed by atoms with E-state index in [1.165, 1.54) is 0 Å². The fourth-order valence-corrected chi connectivity index (χ4v) is 3.83. The molecule has 0 fully saturated rings. The maximum absolute atomic E-state index is 12.3. The SMILES string of the molecule is O=C(Cc1ccc(Cl)cc1)Nc1cccc(-c2csc(-c3ccccc3)n2)c1. The first-order valence-electron chi connectivity index (χ1n) is 8.83. The number of nitrogens with one attached hydrogen (secondary N) is 1. The Bertz CT molecular complexity index is 1090. The van der Waals surface area contributed by atoms with Gasteiger partial charge in [0, 0.05) is 27.2 Å². The van der Waals surface area contributed by atoms with E-state index in [2.05, 4.69) is 17.4 Å². The molecule has 1 aromatic heterocycles. The van der Waals surface area contributed by atoms with E-state index in [1.54, 1.807) is 23.5 Å². The van der Waals surface area contributed by atoms with Crippen molar-refractivity contribution >= 4 is 34.5 Å². The van der Waals surface area contributed by atoms with Crippen molar-refractivity contribution < 1.29 is 4.79 Å². The fourth-order valence-electron chi connectivity index (χ4n) is 2.87. The van der Waals surface area contributed by atoms with E-state index >= 15 is 0 Å². The van der Waals surface area contributed by atoms with E-state index < -0.39 is 0 Å². The minimum atomic E-state index is -0.0669. The zero-order valence-corrected chi connectivity index (χ0v) is 16.5. The molecule has 0 radical (unpaired) electrons. The molecule has 28 heavy (non-hydrogen) atoms. The number of nitrogens with zero attached hydrogens (tertiary/aromatic N) is 1. The number of thiazole rings is 1. The number of halogens is 1. The van der Waals surface area contributed by atoms with Gasteiger partial charge in [0.15, 0.2) is 0 Å². The van der Waals surface area contributed by atoms with Crippen LogP contribution in [0, 0.1) is 0 Å². The highest BCUT2D eigenvalue weighted by atomic mass is 35.5. The first-order chi connectivity index (χ1) is 13.7. The molecule has 3 nitrogen and oxygen atoms in total. The summed E-state index contributed by atoms with van der Waals surface area (Å²) in [6.45, 7) is 0. The van der Waals surface area contributed by atoms with Gasteiger partial charge >= 0.3 is 0 Å². The maximum Gasteiger partial charge on any atom is 0.228 e. The van der Waals surface area contributed by atoms with Crippen LogP contribution in [-0.4, -0.2) is 10.9 Å². The van der Waals surface area contributed by atoms with Crippen LogP contribution >= 0.6 is 22.9 Å². The van der Waals surface area contributed by atoms with E-state index in [1.807, 2.05) is 60.0 Å². The third-order valence-corrected chi connectivity index (χ3v) is 5.39. The summed E-state index contributed by atoms with van der Waals surface area (Å²) in [5, 5.41) is 6.64. The van der Waals surface area contributed by atoms with Crippen LogP contribution in [0.5, 0.6) is 0 Å². The van der Waals surface area contributed by atoms with Crippen LogP contribution in [0.25, 0.3) is 21.8 Å². The molecule has 3 aromatic carbocycles. The third kappa shape index (κ3) is 4.47. The largest absolute Gasteiger partial charge is 0.326 e. The third-order valence-electron chi connectivity index (χ3n) is 4.24. The van der Waals surface area contributed by atoms with E-state index in [-0.39, 0.29) is 5.91 Å². The van der Waals surface area contributed by atoms with Gasteiger partial charge in [0.05, 0.1) is 12.1 Å². The molecule has 0 aliphatic carbocycles. The molecule has 0 bridgehead atoms. The molecule has 0 unspecified atom stereocenters. The Morgan fingerprint density at radius 3 is 2.46 bits per heavy atom. The molecule has 1 N–H and O–H groups in total. The van der Waals surface area contributed by atoms with E-state index in [0.717, 1.165) is 33.1 Å². The number of anilines is 1. The van der Waals surface area contributed by atoms with Crippen molar-refractivity contribution in [2.45, 2.75) is 6.42 Å². The molecule has 0 saturated heterocycles. The summed E-state index contributed by atoms with van der Waals surface area (Å²) in [4.78, 5) is 17.1. The zero-order valence-electron chi connectivity index (χ0n) is 14.9. The van der Waals surface area contributed by atoms with Gasteiger partial charge in [-0.25, -0.2) is 4.98 Å². The molecule has 0 atom stereocenters. The van der Waals surface area contributed by atoms with Crippen LogP contribution in [0.1, 0.15) is 5.56 Å². The Kier molecular flexibility index (Phi) is 5.51. The average molecular weight is 405 g/mol. The van der Waals surface area contributed by atoms with Gasteiger partial charge in [-0.2, -0.15) is 0 Å². The molecule has 4 aromatic rings. The van der Waals surface area contributed by atoms with E-state index in [0.29, 0.717) is 11.4 Å². The molecule has 1 heterocycles. The monoisotopic (exact) mass is 404 g/mol. The summed E-state index contributed by atoms with van der Waals surface area (Å²) in [5.74, 6) is -0.0669. The van der Waals surface area contributed by atoms with Gasteiger partial charge in [0.2, 0.25) is 5.91 Å². The van der Waals surface area contributed by atoms with Crippen molar-refractivity contribution in [3.63, 3.8) is 0 Å². The van der Waals surface area contributed by atoms with Gasteiger partial charge in [-0.1, -0.05) is 66.2 Å². The summed E-state index contributed by atoms with van der Waals surface area (Å²) in [7, 11) is 0. The molecular weight excluding hydrogens is 388 g/mol. The van der Waals surface area contributed by atoms with Crippen molar-refractivity contribution in [2.24, 2.45) is 0 Å². The number of amides is 1. The first kappa shape index (κ1) is 18.4. The van der Waals surface area contributed by atoms with Crippen molar-refractivity contribution in [3.8, 4) is 21.8 Å². The summed E-state index contributed by atoms with van der Waals surface area (Å²) in [6, 6.07) is 25.2. The Hall–Kier alpha value is -2.95. The number of carbonyl (C=O) groups excluding carboxylic acids is 1. The topological polar surface area (TPSA) is 42.0 Å². The van der Waals surface area contributed by atoms with Crippen LogP contribution in [0.3, 0.4) is 0 Å². The van der Waals surface area contributed by atoms with Gasteiger partial charge in [0.1, 0.15) is 5.01 Å². The molecule has 0 saturated carbocycles. The quantitative estimate of drug-likeness (QED) is 0.423. The predicted octanol–water partition coefficient (Wildman–Crippen LogP) is 6.31. The number of benzene rings is 3. The van der Waals surface area contributed by atoms with Crippen LogP contribution in [-0.2, 0) is 11.2 Å². The molecule has 1 amide bonds. The van der Waals surface area contributed by atoms with Gasteiger partial charge in [0.25, 0.3) is 0 Å². The lowest BCUT2D eigenvalue weighted by atomic mass is 10.1. The molecule has 0 aliphatic rings. The number of hydrogen-bond donors (Lipinski definition) is 1. The Labute approximate surface area is 172 Å². The highest BCUT2D eigenvalue weighted by Crippen LogP contribution is 2.29. The van der Waals surface area contributed by atoms with Gasteiger partial charge < -0.3 is 5.32 Å². The first-order valence-corrected chi connectivity index (χ1v) is 10.1. The highest BCUT2D eigenvalue weighted by Gasteiger charge is 2.09. The lowest BCUT2D eigenvalue weighted by Crippen LogP contribution is -2.14. The highest BCUT2D eigenvalue weighted by molar-refractivity contribution is 7.13. The Morgan fingerprint density at radius 2 is 1.68 bits per heavy atom. The fraction of sp³-hybridized carbons (Fsp3) is 0.0435. The van der Waals surface area contributed by atoms with Gasteiger partial charge in [-0.05, 0) is 29.8 Å².